The number of carboxylic acid groups (broad SMARTS) is 1. The van der Waals surface area contributed by atoms with E-state index in [9.17, 15) is 9.59 Å². The summed E-state index contributed by atoms with van der Waals surface area (Å²) in [6.07, 6.45) is 0. The van der Waals surface area contributed by atoms with Crippen molar-refractivity contribution < 1.29 is 19.4 Å². The second-order valence-electron chi connectivity index (χ2n) is 4.39. The van der Waals surface area contributed by atoms with Crippen molar-refractivity contribution in [1.82, 2.24) is 10.6 Å². The van der Waals surface area contributed by atoms with Gasteiger partial charge in [-0.3, -0.25) is 0 Å². The SMILES string of the molecule is CC(CNC(=O)NCCOCC(=O)O)c1ccccc1. The number of hydrogen-bond acceptors (Lipinski definition) is 3. The quantitative estimate of drug-likeness (QED) is 0.624. The molecular weight excluding hydrogens is 260 g/mol. The van der Waals surface area contributed by atoms with Crippen LogP contribution in [0, 0.1) is 0 Å². The first-order valence-corrected chi connectivity index (χ1v) is 6.45. The number of aliphatic carboxylic acids is 1. The first-order chi connectivity index (χ1) is 9.59. The minimum absolute atomic E-state index is 0.175. The van der Waals surface area contributed by atoms with E-state index >= 15 is 0 Å². The Kier molecular flexibility index (Phi) is 7.13. The molecule has 6 heteroatoms. The number of carbonyl (C=O) groups excluding carboxylic acids is 1. The molecule has 0 saturated heterocycles. The van der Waals surface area contributed by atoms with E-state index in [-0.39, 0.29) is 31.7 Å². The highest BCUT2D eigenvalue weighted by Crippen LogP contribution is 2.12. The van der Waals surface area contributed by atoms with Gasteiger partial charge in [-0.15, -0.1) is 0 Å². The molecule has 0 aliphatic carbocycles. The maximum Gasteiger partial charge on any atom is 0.329 e. The fraction of sp³-hybridized carbons (Fsp3) is 0.429. The molecule has 1 unspecified atom stereocenters. The fourth-order valence-corrected chi connectivity index (χ4v) is 1.60. The van der Waals surface area contributed by atoms with Gasteiger partial charge >= 0.3 is 12.0 Å². The third-order valence-corrected chi connectivity index (χ3v) is 2.69. The second kappa shape index (κ2) is 8.92. The number of benzene rings is 1. The fourth-order valence-electron chi connectivity index (χ4n) is 1.60. The number of urea groups is 1. The zero-order valence-corrected chi connectivity index (χ0v) is 11.5. The first kappa shape index (κ1) is 16.0. The van der Waals surface area contributed by atoms with Gasteiger partial charge in [-0.1, -0.05) is 37.3 Å². The van der Waals surface area contributed by atoms with Crippen LogP contribution >= 0.6 is 0 Å². The Bertz CT molecular complexity index is 422. The highest BCUT2D eigenvalue weighted by Gasteiger charge is 2.06. The van der Waals surface area contributed by atoms with Crippen LogP contribution in [0.4, 0.5) is 4.79 Å². The number of ether oxygens (including phenoxy) is 1. The van der Waals surface area contributed by atoms with E-state index in [1.54, 1.807) is 0 Å². The van der Waals surface area contributed by atoms with Gasteiger partial charge in [0.05, 0.1) is 6.61 Å². The van der Waals surface area contributed by atoms with Gasteiger partial charge in [0, 0.05) is 13.1 Å². The lowest BCUT2D eigenvalue weighted by atomic mass is 10.0. The largest absolute Gasteiger partial charge is 0.480 e. The average Bonchev–Trinajstić information content (AvgIpc) is 2.45. The van der Waals surface area contributed by atoms with E-state index in [0.717, 1.165) is 5.56 Å². The monoisotopic (exact) mass is 280 g/mol. The number of hydrogen-bond donors (Lipinski definition) is 3. The van der Waals surface area contributed by atoms with Crippen molar-refractivity contribution in [2.45, 2.75) is 12.8 Å². The van der Waals surface area contributed by atoms with Crippen LogP contribution in [0.1, 0.15) is 18.4 Å². The van der Waals surface area contributed by atoms with Gasteiger partial charge < -0.3 is 20.5 Å². The predicted molar refractivity (Wildman–Crippen MR) is 74.7 cm³/mol. The summed E-state index contributed by atoms with van der Waals surface area (Å²) in [5.41, 5.74) is 1.16. The van der Waals surface area contributed by atoms with Gasteiger partial charge in [0.2, 0.25) is 0 Å². The summed E-state index contributed by atoms with van der Waals surface area (Å²) in [7, 11) is 0. The molecule has 0 saturated carbocycles. The molecular formula is C14H20N2O4. The second-order valence-corrected chi connectivity index (χ2v) is 4.39. The molecule has 0 radical (unpaired) electrons. The normalized spacial score (nSPS) is 11.7. The smallest absolute Gasteiger partial charge is 0.329 e. The number of nitrogens with one attached hydrogen (secondary N) is 2. The van der Waals surface area contributed by atoms with Gasteiger partial charge in [-0.05, 0) is 11.5 Å². The van der Waals surface area contributed by atoms with Crippen molar-refractivity contribution in [3.05, 3.63) is 35.9 Å². The van der Waals surface area contributed by atoms with Crippen molar-refractivity contribution in [3.8, 4) is 0 Å². The molecule has 2 amide bonds. The Morgan fingerprint density at radius 2 is 1.95 bits per heavy atom. The van der Waals surface area contributed by atoms with Crippen molar-refractivity contribution in [3.63, 3.8) is 0 Å². The van der Waals surface area contributed by atoms with Crippen molar-refractivity contribution in [1.29, 1.82) is 0 Å². The van der Waals surface area contributed by atoms with Crippen molar-refractivity contribution in [2.75, 3.05) is 26.3 Å². The lowest BCUT2D eigenvalue weighted by molar-refractivity contribution is -0.142. The van der Waals surface area contributed by atoms with Crippen molar-refractivity contribution >= 4 is 12.0 Å². The summed E-state index contributed by atoms with van der Waals surface area (Å²) < 4.78 is 4.80. The maximum absolute atomic E-state index is 11.5. The van der Waals surface area contributed by atoms with Crippen LogP contribution in [0.2, 0.25) is 0 Å². The number of amides is 2. The van der Waals surface area contributed by atoms with Crippen LogP contribution < -0.4 is 10.6 Å². The molecule has 0 aliphatic rings. The standard InChI is InChI=1S/C14H20N2O4/c1-11(12-5-3-2-4-6-12)9-16-14(19)15-7-8-20-10-13(17)18/h2-6,11H,7-10H2,1H3,(H,17,18)(H2,15,16,19). The molecule has 1 atom stereocenters. The molecule has 0 fully saturated rings. The number of rotatable bonds is 8. The zero-order valence-electron chi connectivity index (χ0n) is 11.5. The summed E-state index contributed by atoms with van der Waals surface area (Å²) in [5.74, 6) is -0.795. The van der Waals surface area contributed by atoms with Crippen LogP contribution in [0.15, 0.2) is 30.3 Å². The first-order valence-electron chi connectivity index (χ1n) is 6.45. The zero-order chi connectivity index (χ0) is 14.8. The lowest BCUT2D eigenvalue weighted by Crippen LogP contribution is -2.39. The van der Waals surface area contributed by atoms with Crippen LogP contribution in [0.25, 0.3) is 0 Å². The maximum atomic E-state index is 11.5. The Morgan fingerprint density at radius 1 is 1.25 bits per heavy atom. The van der Waals surface area contributed by atoms with Gasteiger partial charge in [-0.2, -0.15) is 0 Å². The van der Waals surface area contributed by atoms with Gasteiger partial charge in [0.15, 0.2) is 0 Å². The topological polar surface area (TPSA) is 87.7 Å². The van der Waals surface area contributed by atoms with E-state index in [2.05, 4.69) is 10.6 Å². The Labute approximate surface area is 118 Å². The summed E-state index contributed by atoms with van der Waals surface area (Å²) in [5, 5.41) is 13.7. The molecule has 0 aromatic heterocycles. The third-order valence-electron chi connectivity index (χ3n) is 2.69. The molecule has 1 aromatic carbocycles. The molecule has 0 heterocycles. The minimum atomic E-state index is -1.02. The molecule has 3 N–H and O–H groups in total. The Balaban J connectivity index is 2.12. The van der Waals surface area contributed by atoms with E-state index < -0.39 is 5.97 Å². The number of carboxylic acids is 1. The van der Waals surface area contributed by atoms with Gasteiger partial charge in [0.25, 0.3) is 0 Å². The van der Waals surface area contributed by atoms with Crippen LogP contribution in [-0.2, 0) is 9.53 Å². The lowest BCUT2D eigenvalue weighted by Gasteiger charge is -2.13. The average molecular weight is 280 g/mol. The minimum Gasteiger partial charge on any atom is -0.480 e. The van der Waals surface area contributed by atoms with Crippen LogP contribution in [-0.4, -0.2) is 43.4 Å². The third kappa shape index (κ3) is 6.75. The summed E-state index contributed by atoms with van der Waals surface area (Å²) >= 11 is 0. The molecule has 110 valence electrons. The molecule has 20 heavy (non-hydrogen) atoms. The van der Waals surface area contributed by atoms with E-state index in [1.165, 1.54) is 0 Å². The Hall–Kier alpha value is -2.08. The van der Waals surface area contributed by atoms with E-state index in [1.807, 2.05) is 37.3 Å². The molecule has 0 aliphatic heterocycles. The van der Waals surface area contributed by atoms with Crippen LogP contribution in [0.3, 0.4) is 0 Å². The number of carbonyl (C=O) groups is 2. The van der Waals surface area contributed by atoms with Crippen molar-refractivity contribution in [2.24, 2.45) is 0 Å². The summed E-state index contributed by atoms with van der Waals surface area (Å²) in [4.78, 5) is 21.7. The molecule has 0 spiro atoms. The highest BCUT2D eigenvalue weighted by atomic mass is 16.5. The van der Waals surface area contributed by atoms with Crippen LogP contribution in [0.5, 0.6) is 0 Å². The predicted octanol–water partition coefficient (Wildman–Crippen LogP) is 1.19. The summed E-state index contributed by atoms with van der Waals surface area (Å²) in [6, 6.07) is 9.63. The van der Waals surface area contributed by atoms with Gasteiger partial charge in [-0.25, -0.2) is 9.59 Å². The van der Waals surface area contributed by atoms with E-state index in [0.29, 0.717) is 6.54 Å². The molecule has 1 aromatic rings. The molecule has 0 bridgehead atoms. The molecule has 6 nitrogen and oxygen atoms in total. The highest BCUT2D eigenvalue weighted by molar-refractivity contribution is 5.73. The summed E-state index contributed by atoms with van der Waals surface area (Å²) in [6.45, 7) is 2.67. The Morgan fingerprint density at radius 3 is 2.60 bits per heavy atom. The van der Waals surface area contributed by atoms with Gasteiger partial charge in [0.1, 0.15) is 6.61 Å². The van der Waals surface area contributed by atoms with E-state index in [4.69, 9.17) is 9.84 Å². The molecule has 1 rings (SSSR count).